The van der Waals surface area contributed by atoms with Crippen molar-refractivity contribution in [2.45, 2.75) is 26.1 Å². The molecule has 0 aliphatic heterocycles. The Morgan fingerprint density at radius 2 is 1.49 bits per heavy atom. The first-order valence-electron chi connectivity index (χ1n) is 10.6. The van der Waals surface area contributed by atoms with E-state index in [1.807, 2.05) is 31.2 Å². The number of halogens is 4. The van der Waals surface area contributed by atoms with Crippen LogP contribution in [0.3, 0.4) is 0 Å². The van der Waals surface area contributed by atoms with E-state index in [1.165, 1.54) is 6.92 Å². The maximum atomic E-state index is 14.4. The SMILES string of the molecule is CCOCC(OC(=O)c1ccc(OC(=O)c2ccc(-c3ccc(C)cc3)cc2)cc1F)C(F)(F)F. The van der Waals surface area contributed by atoms with Crippen molar-refractivity contribution in [1.82, 2.24) is 0 Å². The van der Waals surface area contributed by atoms with Crippen LogP contribution in [0.4, 0.5) is 17.6 Å². The van der Waals surface area contributed by atoms with Gasteiger partial charge in [0.2, 0.25) is 6.10 Å². The Morgan fingerprint density at radius 1 is 0.886 bits per heavy atom. The zero-order chi connectivity index (χ0) is 25.6. The maximum Gasteiger partial charge on any atom is 0.427 e. The second-order valence-corrected chi connectivity index (χ2v) is 7.57. The van der Waals surface area contributed by atoms with Gasteiger partial charge >= 0.3 is 18.1 Å². The van der Waals surface area contributed by atoms with E-state index in [-0.39, 0.29) is 17.9 Å². The standard InChI is InChI=1S/C26H22F4O5/c1-3-33-15-23(26(28,29)30)35-25(32)21-13-12-20(14-22(21)27)34-24(31)19-10-8-18(9-11-19)17-6-4-16(2)5-7-17/h4-14,23H,3,15H2,1-2H3. The smallest absolute Gasteiger partial charge is 0.427 e. The number of esters is 2. The van der Waals surface area contributed by atoms with Crippen molar-refractivity contribution in [3.8, 4) is 16.9 Å². The minimum absolute atomic E-state index is 0.0206. The summed E-state index contributed by atoms with van der Waals surface area (Å²) >= 11 is 0. The van der Waals surface area contributed by atoms with Crippen LogP contribution in [-0.2, 0) is 9.47 Å². The Kier molecular flexibility index (Phi) is 8.24. The molecule has 0 heterocycles. The molecule has 0 fully saturated rings. The molecule has 0 radical (unpaired) electrons. The highest BCUT2D eigenvalue weighted by Gasteiger charge is 2.43. The molecule has 184 valence electrons. The molecule has 0 aliphatic rings. The average Bonchev–Trinajstić information content (AvgIpc) is 2.81. The van der Waals surface area contributed by atoms with Crippen LogP contribution in [0.2, 0.25) is 0 Å². The van der Waals surface area contributed by atoms with Crippen molar-refractivity contribution < 1.29 is 41.4 Å². The molecule has 3 rings (SSSR count). The normalized spacial score (nSPS) is 12.2. The second kappa shape index (κ2) is 11.1. The lowest BCUT2D eigenvalue weighted by Crippen LogP contribution is -2.38. The molecule has 0 saturated heterocycles. The van der Waals surface area contributed by atoms with Crippen LogP contribution in [0.1, 0.15) is 33.2 Å². The van der Waals surface area contributed by atoms with Gasteiger partial charge in [0.15, 0.2) is 0 Å². The van der Waals surface area contributed by atoms with Gasteiger partial charge in [0.25, 0.3) is 0 Å². The van der Waals surface area contributed by atoms with Crippen LogP contribution in [0.25, 0.3) is 11.1 Å². The van der Waals surface area contributed by atoms with E-state index >= 15 is 0 Å². The number of carbonyl (C=O) groups is 2. The first-order chi connectivity index (χ1) is 16.6. The molecule has 0 saturated carbocycles. The first-order valence-corrected chi connectivity index (χ1v) is 10.6. The van der Waals surface area contributed by atoms with E-state index < -0.39 is 42.2 Å². The zero-order valence-electron chi connectivity index (χ0n) is 18.9. The van der Waals surface area contributed by atoms with Crippen LogP contribution >= 0.6 is 0 Å². The van der Waals surface area contributed by atoms with Gasteiger partial charge in [-0.15, -0.1) is 0 Å². The maximum absolute atomic E-state index is 14.4. The molecule has 5 nitrogen and oxygen atoms in total. The fourth-order valence-electron chi connectivity index (χ4n) is 3.05. The van der Waals surface area contributed by atoms with Gasteiger partial charge < -0.3 is 14.2 Å². The molecule has 0 aromatic heterocycles. The van der Waals surface area contributed by atoms with Crippen LogP contribution in [0, 0.1) is 12.7 Å². The summed E-state index contributed by atoms with van der Waals surface area (Å²) < 4.78 is 67.7. The van der Waals surface area contributed by atoms with Crippen molar-refractivity contribution in [2.75, 3.05) is 13.2 Å². The molecule has 0 bridgehead atoms. The third-order valence-electron chi connectivity index (χ3n) is 4.96. The van der Waals surface area contributed by atoms with Gasteiger partial charge in [-0.2, -0.15) is 13.2 Å². The number of rotatable bonds is 8. The minimum atomic E-state index is -4.88. The summed E-state index contributed by atoms with van der Waals surface area (Å²) in [6.45, 7) is 2.52. The predicted octanol–water partition coefficient (Wildman–Crippen LogP) is 6.14. The fraction of sp³-hybridized carbons (Fsp3) is 0.231. The minimum Gasteiger partial charge on any atom is -0.446 e. The van der Waals surface area contributed by atoms with E-state index in [0.717, 1.165) is 34.9 Å². The summed E-state index contributed by atoms with van der Waals surface area (Å²) in [5.41, 5.74) is 2.43. The molecule has 9 heteroatoms. The molecular weight excluding hydrogens is 468 g/mol. The highest BCUT2D eigenvalue weighted by molar-refractivity contribution is 5.92. The van der Waals surface area contributed by atoms with E-state index in [9.17, 15) is 27.2 Å². The summed E-state index contributed by atoms with van der Waals surface area (Å²) in [5, 5.41) is 0. The third kappa shape index (κ3) is 6.89. The molecule has 0 amide bonds. The summed E-state index contributed by atoms with van der Waals surface area (Å²) in [6, 6.07) is 17.1. The van der Waals surface area contributed by atoms with Gasteiger partial charge in [-0.25, -0.2) is 14.0 Å². The van der Waals surface area contributed by atoms with Crippen LogP contribution in [0.15, 0.2) is 66.7 Å². The quantitative estimate of drug-likeness (QED) is 0.216. The molecule has 3 aromatic rings. The van der Waals surface area contributed by atoms with Crippen LogP contribution in [-0.4, -0.2) is 37.4 Å². The number of hydrogen-bond acceptors (Lipinski definition) is 5. The molecule has 1 unspecified atom stereocenters. The van der Waals surface area contributed by atoms with Gasteiger partial charge in [-0.05, 0) is 49.2 Å². The molecule has 0 spiro atoms. The lowest BCUT2D eigenvalue weighted by Gasteiger charge is -2.20. The van der Waals surface area contributed by atoms with Crippen molar-refractivity contribution in [3.63, 3.8) is 0 Å². The number of hydrogen-bond donors (Lipinski definition) is 0. The molecule has 0 N–H and O–H groups in total. The van der Waals surface area contributed by atoms with Gasteiger partial charge in [0.1, 0.15) is 11.6 Å². The number of ether oxygens (including phenoxy) is 3. The predicted molar refractivity (Wildman–Crippen MR) is 120 cm³/mol. The Bertz CT molecular complexity index is 1170. The van der Waals surface area contributed by atoms with E-state index in [2.05, 4.69) is 9.47 Å². The van der Waals surface area contributed by atoms with Crippen molar-refractivity contribution >= 4 is 11.9 Å². The van der Waals surface area contributed by atoms with E-state index in [4.69, 9.17) is 4.74 Å². The largest absolute Gasteiger partial charge is 0.446 e. The topological polar surface area (TPSA) is 61.8 Å². The number of aryl methyl sites for hydroxylation is 1. The Hall–Kier alpha value is -3.72. The Labute approximate surface area is 199 Å². The van der Waals surface area contributed by atoms with Crippen molar-refractivity contribution in [3.05, 3.63) is 89.2 Å². The highest BCUT2D eigenvalue weighted by Crippen LogP contribution is 2.26. The van der Waals surface area contributed by atoms with Gasteiger partial charge in [0, 0.05) is 12.7 Å². The number of carbonyl (C=O) groups excluding carboxylic acids is 2. The average molecular weight is 490 g/mol. The summed E-state index contributed by atoms with van der Waals surface area (Å²) in [7, 11) is 0. The lowest BCUT2D eigenvalue weighted by molar-refractivity contribution is -0.217. The highest BCUT2D eigenvalue weighted by atomic mass is 19.4. The monoisotopic (exact) mass is 490 g/mol. The van der Waals surface area contributed by atoms with Crippen LogP contribution in [0.5, 0.6) is 5.75 Å². The van der Waals surface area contributed by atoms with E-state index in [0.29, 0.717) is 0 Å². The molecule has 1 atom stereocenters. The Balaban J connectivity index is 1.67. The number of benzene rings is 3. The Morgan fingerprint density at radius 3 is 2.03 bits per heavy atom. The molecule has 35 heavy (non-hydrogen) atoms. The lowest BCUT2D eigenvalue weighted by atomic mass is 10.0. The molecule has 3 aromatic carbocycles. The van der Waals surface area contributed by atoms with Gasteiger partial charge in [-0.3, -0.25) is 0 Å². The third-order valence-corrected chi connectivity index (χ3v) is 4.96. The van der Waals surface area contributed by atoms with Crippen molar-refractivity contribution in [1.29, 1.82) is 0 Å². The summed E-state index contributed by atoms with van der Waals surface area (Å²) in [6.07, 6.45) is -7.43. The van der Waals surface area contributed by atoms with Crippen molar-refractivity contribution in [2.24, 2.45) is 0 Å². The zero-order valence-corrected chi connectivity index (χ0v) is 18.9. The molecule has 0 aliphatic carbocycles. The first kappa shape index (κ1) is 25.9. The summed E-state index contributed by atoms with van der Waals surface area (Å²) in [5.74, 6) is -3.72. The summed E-state index contributed by atoms with van der Waals surface area (Å²) in [4.78, 5) is 24.5. The molecular formula is C26H22F4O5. The van der Waals surface area contributed by atoms with Crippen LogP contribution < -0.4 is 4.74 Å². The van der Waals surface area contributed by atoms with E-state index in [1.54, 1.807) is 24.3 Å². The second-order valence-electron chi connectivity index (χ2n) is 7.57. The van der Waals surface area contributed by atoms with Gasteiger partial charge in [0.05, 0.1) is 17.7 Å². The fourth-order valence-corrected chi connectivity index (χ4v) is 3.05. The number of alkyl halides is 3. The van der Waals surface area contributed by atoms with Gasteiger partial charge in [-0.1, -0.05) is 42.0 Å².